The predicted molar refractivity (Wildman–Crippen MR) is 76.9 cm³/mol. The lowest BCUT2D eigenvalue weighted by molar-refractivity contribution is 0.220. The normalized spacial score (nSPS) is 31.9. The lowest BCUT2D eigenvalue weighted by atomic mass is 9.66. The zero-order valence-electron chi connectivity index (χ0n) is 10.4. The van der Waals surface area contributed by atoms with Crippen LogP contribution < -0.4 is 0 Å². The van der Waals surface area contributed by atoms with Crippen molar-refractivity contribution in [3.8, 4) is 0 Å². The number of benzene rings is 1. The van der Waals surface area contributed by atoms with Crippen molar-refractivity contribution in [3.05, 3.63) is 40.4 Å². The lowest BCUT2D eigenvalue weighted by Gasteiger charge is -2.38. The van der Waals surface area contributed by atoms with Gasteiger partial charge in [0, 0.05) is 4.47 Å². The quantitative estimate of drug-likeness (QED) is 0.615. The summed E-state index contributed by atoms with van der Waals surface area (Å²) in [6, 6.07) is 6.70. The molecule has 90 valence electrons. The third-order valence-corrected chi connectivity index (χ3v) is 5.15. The van der Waals surface area contributed by atoms with Gasteiger partial charge in [0.1, 0.15) is 0 Å². The molecule has 3 rings (SSSR count). The topological polar surface area (TPSA) is 0 Å². The Bertz CT molecular complexity index is 474. The number of halogens is 1. The van der Waals surface area contributed by atoms with Gasteiger partial charge in [-0.15, -0.1) is 0 Å². The summed E-state index contributed by atoms with van der Waals surface area (Å²) >= 11 is 3.58. The summed E-state index contributed by atoms with van der Waals surface area (Å²) in [5.41, 5.74) is 4.71. The van der Waals surface area contributed by atoms with Crippen LogP contribution in [0.15, 0.2) is 29.3 Å². The van der Waals surface area contributed by atoms with Gasteiger partial charge in [-0.1, -0.05) is 48.3 Å². The lowest BCUT2D eigenvalue weighted by Crippen LogP contribution is -2.27. The van der Waals surface area contributed by atoms with E-state index >= 15 is 0 Å². The van der Waals surface area contributed by atoms with Gasteiger partial charge < -0.3 is 0 Å². The summed E-state index contributed by atoms with van der Waals surface area (Å²) in [5.74, 6) is 0.859. The second-order valence-electron chi connectivity index (χ2n) is 5.94. The van der Waals surface area contributed by atoms with E-state index < -0.39 is 0 Å². The van der Waals surface area contributed by atoms with Gasteiger partial charge in [-0.25, -0.2) is 0 Å². The third-order valence-electron chi connectivity index (χ3n) is 4.66. The minimum Gasteiger partial charge on any atom is -0.0946 e. The molecule has 0 N–H and O–H groups in total. The number of hydrogen-bond acceptors (Lipinski definition) is 0. The zero-order valence-corrected chi connectivity index (χ0v) is 12.0. The molecule has 17 heavy (non-hydrogen) atoms. The minimum absolute atomic E-state index is 0.390. The fourth-order valence-electron chi connectivity index (χ4n) is 3.84. The van der Waals surface area contributed by atoms with Crippen LogP contribution in [0.3, 0.4) is 0 Å². The first kappa shape index (κ1) is 11.5. The van der Waals surface area contributed by atoms with Crippen LogP contribution >= 0.6 is 15.9 Å². The highest BCUT2D eigenvalue weighted by atomic mass is 79.9. The van der Waals surface area contributed by atoms with Gasteiger partial charge in [0.05, 0.1) is 0 Å². The summed E-state index contributed by atoms with van der Waals surface area (Å²) in [7, 11) is 0. The van der Waals surface area contributed by atoms with Crippen molar-refractivity contribution in [3.63, 3.8) is 0 Å². The van der Waals surface area contributed by atoms with Crippen molar-refractivity contribution in [2.45, 2.75) is 39.0 Å². The molecule has 0 amide bonds. The zero-order chi connectivity index (χ0) is 12.0. The van der Waals surface area contributed by atoms with Gasteiger partial charge in [-0.2, -0.15) is 0 Å². The number of rotatable bonds is 0. The molecule has 0 aliphatic heterocycles. The fourth-order valence-corrected chi connectivity index (χ4v) is 4.20. The number of hydrogen-bond donors (Lipinski definition) is 0. The van der Waals surface area contributed by atoms with Crippen LogP contribution in [0.2, 0.25) is 0 Å². The Morgan fingerprint density at radius 2 is 2.24 bits per heavy atom. The van der Waals surface area contributed by atoms with Crippen molar-refractivity contribution in [1.29, 1.82) is 0 Å². The molecule has 2 aliphatic rings. The second-order valence-corrected chi connectivity index (χ2v) is 6.85. The van der Waals surface area contributed by atoms with E-state index in [1.165, 1.54) is 53.3 Å². The van der Waals surface area contributed by atoms with E-state index in [9.17, 15) is 0 Å². The molecule has 1 fully saturated rings. The molecular weight excluding hydrogens is 272 g/mol. The molecule has 2 atom stereocenters. The maximum Gasteiger partial charge on any atom is 0.0181 e. The predicted octanol–water partition coefficient (Wildman–Crippen LogP) is 5.21. The monoisotopic (exact) mass is 290 g/mol. The number of allylic oxidation sites excluding steroid dienone is 1. The van der Waals surface area contributed by atoms with Crippen molar-refractivity contribution < 1.29 is 0 Å². The first-order valence-electron chi connectivity index (χ1n) is 6.59. The van der Waals surface area contributed by atoms with E-state index in [0.29, 0.717) is 5.41 Å². The molecule has 0 saturated heterocycles. The van der Waals surface area contributed by atoms with Crippen LogP contribution in [-0.2, 0) is 6.42 Å². The average Bonchev–Trinajstić information content (AvgIpc) is 2.53. The van der Waals surface area contributed by atoms with E-state index in [1.54, 1.807) is 0 Å². The average molecular weight is 291 g/mol. The fraction of sp³-hybridized carbons (Fsp3) is 0.500. The first-order valence-corrected chi connectivity index (χ1v) is 7.38. The summed E-state index contributed by atoms with van der Waals surface area (Å²) in [4.78, 5) is 0. The summed E-state index contributed by atoms with van der Waals surface area (Å²) in [6.07, 6.45) is 6.66. The summed E-state index contributed by atoms with van der Waals surface area (Å²) < 4.78 is 1.18. The van der Waals surface area contributed by atoms with E-state index in [4.69, 9.17) is 0 Å². The van der Waals surface area contributed by atoms with Crippen LogP contribution in [0.1, 0.15) is 43.7 Å². The molecule has 0 aromatic heterocycles. The van der Waals surface area contributed by atoms with E-state index in [2.05, 4.69) is 47.6 Å². The van der Waals surface area contributed by atoms with Gasteiger partial charge in [0.2, 0.25) is 0 Å². The molecule has 0 bridgehead atoms. The Morgan fingerprint density at radius 3 is 3.00 bits per heavy atom. The van der Waals surface area contributed by atoms with E-state index in [0.717, 1.165) is 5.92 Å². The van der Waals surface area contributed by atoms with Crippen molar-refractivity contribution in [1.82, 2.24) is 0 Å². The maximum absolute atomic E-state index is 4.43. The van der Waals surface area contributed by atoms with Gasteiger partial charge in [-0.3, -0.25) is 0 Å². The Hall–Kier alpha value is -0.560. The molecule has 1 aromatic carbocycles. The summed E-state index contributed by atoms with van der Waals surface area (Å²) in [5, 5.41) is 0. The second kappa shape index (κ2) is 3.98. The van der Waals surface area contributed by atoms with E-state index in [-0.39, 0.29) is 0 Å². The van der Waals surface area contributed by atoms with Gasteiger partial charge in [0.15, 0.2) is 0 Å². The molecule has 1 heteroatoms. The molecule has 0 radical (unpaired) electrons. The van der Waals surface area contributed by atoms with Crippen molar-refractivity contribution in [2.24, 2.45) is 11.3 Å². The molecule has 1 saturated carbocycles. The SMILES string of the molecule is C=C1c2cc(Br)ccc2C[C@]12CCC[C@H](C)C2. The molecule has 0 unspecified atom stereocenters. The van der Waals surface area contributed by atoms with Gasteiger partial charge in [-0.05, 0) is 59.4 Å². The Kier molecular flexibility index (Phi) is 2.70. The van der Waals surface area contributed by atoms with Crippen molar-refractivity contribution in [2.75, 3.05) is 0 Å². The third kappa shape index (κ3) is 1.79. The highest BCUT2D eigenvalue weighted by molar-refractivity contribution is 9.10. The van der Waals surface area contributed by atoms with E-state index in [1.807, 2.05) is 0 Å². The Morgan fingerprint density at radius 1 is 1.41 bits per heavy atom. The smallest absolute Gasteiger partial charge is 0.0181 e. The minimum atomic E-state index is 0.390. The molecule has 1 spiro atoms. The molecule has 0 heterocycles. The van der Waals surface area contributed by atoms with Crippen LogP contribution in [-0.4, -0.2) is 0 Å². The Labute approximate surface area is 112 Å². The number of fused-ring (bicyclic) bond motifs is 1. The molecular formula is C16H19Br. The highest BCUT2D eigenvalue weighted by Crippen LogP contribution is 2.55. The first-order chi connectivity index (χ1) is 8.11. The van der Waals surface area contributed by atoms with Gasteiger partial charge in [0.25, 0.3) is 0 Å². The standard InChI is InChI=1S/C16H19Br/c1-11-4-3-7-16(9-11)10-13-5-6-14(17)8-15(13)12(16)2/h5-6,8,11H,2-4,7,9-10H2,1H3/t11-,16+/m0/s1. The van der Waals surface area contributed by atoms with Crippen LogP contribution in [0.25, 0.3) is 5.57 Å². The van der Waals surface area contributed by atoms with Gasteiger partial charge >= 0.3 is 0 Å². The largest absolute Gasteiger partial charge is 0.0946 e. The van der Waals surface area contributed by atoms with Crippen LogP contribution in [0, 0.1) is 11.3 Å². The van der Waals surface area contributed by atoms with Crippen LogP contribution in [0.4, 0.5) is 0 Å². The Balaban J connectivity index is 2.00. The van der Waals surface area contributed by atoms with Crippen molar-refractivity contribution >= 4 is 21.5 Å². The summed E-state index contributed by atoms with van der Waals surface area (Å²) in [6.45, 7) is 6.82. The maximum atomic E-state index is 4.43. The van der Waals surface area contributed by atoms with Crippen LogP contribution in [0.5, 0.6) is 0 Å². The molecule has 1 aromatic rings. The highest BCUT2D eigenvalue weighted by Gasteiger charge is 2.42. The molecule has 2 aliphatic carbocycles. The molecule has 0 nitrogen and oxygen atoms in total.